The van der Waals surface area contributed by atoms with Gasteiger partial charge in [-0.3, -0.25) is 0 Å². The SMILES string of the molecule is CC1CCCCC1OCC1(CCN)CC1. The van der Waals surface area contributed by atoms with Crippen LogP contribution < -0.4 is 5.73 Å². The third-order valence-corrected chi connectivity index (χ3v) is 4.27. The van der Waals surface area contributed by atoms with E-state index in [9.17, 15) is 0 Å². The van der Waals surface area contributed by atoms with Crippen LogP contribution in [0.5, 0.6) is 0 Å². The minimum absolute atomic E-state index is 0.492. The van der Waals surface area contributed by atoms with Gasteiger partial charge in [-0.1, -0.05) is 19.8 Å². The van der Waals surface area contributed by atoms with Gasteiger partial charge >= 0.3 is 0 Å². The molecule has 0 heterocycles. The summed E-state index contributed by atoms with van der Waals surface area (Å²) >= 11 is 0. The van der Waals surface area contributed by atoms with Gasteiger partial charge in [-0.15, -0.1) is 0 Å². The minimum Gasteiger partial charge on any atom is -0.377 e. The maximum absolute atomic E-state index is 6.12. The lowest BCUT2D eigenvalue weighted by molar-refractivity contribution is -0.0278. The lowest BCUT2D eigenvalue weighted by Crippen LogP contribution is -2.28. The van der Waals surface area contributed by atoms with Crippen molar-refractivity contribution < 1.29 is 4.74 Å². The first-order valence-electron chi connectivity index (χ1n) is 6.57. The Labute approximate surface area is 93.6 Å². The first-order chi connectivity index (χ1) is 7.26. The fraction of sp³-hybridized carbons (Fsp3) is 1.00. The molecule has 88 valence electrons. The highest BCUT2D eigenvalue weighted by Gasteiger charge is 2.42. The number of nitrogens with two attached hydrogens (primary N) is 1. The maximum Gasteiger partial charge on any atom is 0.0600 e. The van der Waals surface area contributed by atoms with E-state index in [0.717, 1.165) is 25.5 Å². The molecule has 2 heteroatoms. The molecular weight excluding hydrogens is 186 g/mol. The Morgan fingerprint density at radius 2 is 2.00 bits per heavy atom. The summed E-state index contributed by atoms with van der Waals surface area (Å²) in [7, 11) is 0. The third kappa shape index (κ3) is 2.94. The second-order valence-corrected chi connectivity index (χ2v) is 5.65. The van der Waals surface area contributed by atoms with Crippen LogP contribution in [0.3, 0.4) is 0 Å². The fourth-order valence-electron chi connectivity index (χ4n) is 2.76. The molecule has 0 amide bonds. The molecule has 0 radical (unpaired) electrons. The smallest absolute Gasteiger partial charge is 0.0600 e. The normalized spacial score (nSPS) is 34.0. The van der Waals surface area contributed by atoms with Crippen LogP contribution >= 0.6 is 0 Å². The van der Waals surface area contributed by atoms with Crippen molar-refractivity contribution in [2.75, 3.05) is 13.2 Å². The minimum atomic E-state index is 0.492. The fourth-order valence-corrected chi connectivity index (χ4v) is 2.76. The summed E-state index contributed by atoms with van der Waals surface area (Å²) in [6.45, 7) is 4.13. The lowest BCUT2D eigenvalue weighted by atomic mass is 9.88. The summed E-state index contributed by atoms with van der Waals surface area (Å²) in [6.07, 6.45) is 9.77. The largest absolute Gasteiger partial charge is 0.377 e. The Morgan fingerprint density at radius 3 is 2.60 bits per heavy atom. The molecule has 2 atom stereocenters. The van der Waals surface area contributed by atoms with Gasteiger partial charge in [0.25, 0.3) is 0 Å². The average Bonchev–Trinajstić information content (AvgIpc) is 2.98. The zero-order valence-electron chi connectivity index (χ0n) is 10.0. The molecule has 2 rings (SSSR count). The van der Waals surface area contributed by atoms with E-state index < -0.39 is 0 Å². The van der Waals surface area contributed by atoms with Crippen LogP contribution in [0.2, 0.25) is 0 Å². The van der Waals surface area contributed by atoms with E-state index in [2.05, 4.69) is 6.92 Å². The highest BCUT2D eigenvalue weighted by Crippen LogP contribution is 2.49. The van der Waals surface area contributed by atoms with E-state index in [1.807, 2.05) is 0 Å². The highest BCUT2D eigenvalue weighted by molar-refractivity contribution is 4.93. The van der Waals surface area contributed by atoms with Gasteiger partial charge in [0.2, 0.25) is 0 Å². The summed E-state index contributed by atoms with van der Waals surface area (Å²) < 4.78 is 6.12. The predicted molar refractivity (Wildman–Crippen MR) is 62.7 cm³/mol. The first-order valence-corrected chi connectivity index (χ1v) is 6.57. The Morgan fingerprint density at radius 1 is 1.27 bits per heavy atom. The van der Waals surface area contributed by atoms with Crippen LogP contribution in [-0.4, -0.2) is 19.3 Å². The molecule has 0 aromatic rings. The summed E-state index contributed by atoms with van der Waals surface area (Å²) in [5.41, 5.74) is 6.13. The van der Waals surface area contributed by atoms with Crippen molar-refractivity contribution in [1.82, 2.24) is 0 Å². The Kier molecular flexibility index (Phi) is 3.68. The Bertz CT molecular complexity index is 201. The average molecular weight is 211 g/mol. The Balaban J connectivity index is 1.72. The zero-order chi connectivity index (χ0) is 10.7. The van der Waals surface area contributed by atoms with E-state index in [-0.39, 0.29) is 0 Å². The lowest BCUT2D eigenvalue weighted by Gasteiger charge is -2.30. The molecule has 15 heavy (non-hydrogen) atoms. The van der Waals surface area contributed by atoms with E-state index >= 15 is 0 Å². The van der Waals surface area contributed by atoms with E-state index in [1.54, 1.807) is 0 Å². The van der Waals surface area contributed by atoms with E-state index in [1.165, 1.54) is 38.5 Å². The zero-order valence-corrected chi connectivity index (χ0v) is 10.0. The van der Waals surface area contributed by atoms with E-state index in [0.29, 0.717) is 11.5 Å². The molecule has 2 saturated carbocycles. The molecule has 0 aliphatic heterocycles. The van der Waals surface area contributed by atoms with Gasteiger partial charge in [0.05, 0.1) is 12.7 Å². The molecular formula is C13H25NO. The quantitative estimate of drug-likeness (QED) is 0.759. The second kappa shape index (κ2) is 4.84. The summed E-state index contributed by atoms with van der Waals surface area (Å²) in [5.74, 6) is 0.771. The summed E-state index contributed by atoms with van der Waals surface area (Å²) in [4.78, 5) is 0. The van der Waals surface area contributed by atoms with Gasteiger partial charge in [-0.2, -0.15) is 0 Å². The van der Waals surface area contributed by atoms with Gasteiger partial charge in [-0.05, 0) is 50.0 Å². The van der Waals surface area contributed by atoms with Crippen LogP contribution in [0, 0.1) is 11.3 Å². The number of rotatable bonds is 5. The van der Waals surface area contributed by atoms with Crippen LogP contribution in [0.25, 0.3) is 0 Å². The highest BCUT2D eigenvalue weighted by atomic mass is 16.5. The van der Waals surface area contributed by atoms with Gasteiger partial charge in [0.1, 0.15) is 0 Å². The number of hydrogen-bond acceptors (Lipinski definition) is 2. The molecule has 0 spiro atoms. The molecule has 0 bridgehead atoms. The number of ether oxygens (including phenoxy) is 1. The maximum atomic E-state index is 6.12. The van der Waals surface area contributed by atoms with Crippen molar-refractivity contribution in [1.29, 1.82) is 0 Å². The third-order valence-electron chi connectivity index (χ3n) is 4.27. The van der Waals surface area contributed by atoms with Gasteiger partial charge in [0, 0.05) is 0 Å². The molecule has 0 saturated heterocycles. The molecule has 0 aromatic carbocycles. The molecule has 2 nitrogen and oxygen atoms in total. The summed E-state index contributed by atoms with van der Waals surface area (Å²) in [5, 5.41) is 0. The van der Waals surface area contributed by atoms with Crippen LogP contribution in [0.1, 0.15) is 51.9 Å². The van der Waals surface area contributed by atoms with Crippen LogP contribution in [-0.2, 0) is 4.74 Å². The molecule has 0 aromatic heterocycles. The second-order valence-electron chi connectivity index (χ2n) is 5.65. The van der Waals surface area contributed by atoms with Crippen molar-refractivity contribution in [3.8, 4) is 0 Å². The molecule has 2 fully saturated rings. The number of hydrogen-bond donors (Lipinski definition) is 1. The standard InChI is InChI=1S/C13H25NO/c1-11-4-2-3-5-12(11)15-10-13(6-7-13)8-9-14/h11-12H,2-10,14H2,1H3. The van der Waals surface area contributed by atoms with Crippen LogP contribution in [0.4, 0.5) is 0 Å². The van der Waals surface area contributed by atoms with E-state index in [4.69, 9.17) is 10.5 Å². The van der Waals surface area contributed by atoms with Crippen molar-refractivity contribution in [2.24, 2.45) is 17.1 Å². The van der Waals surface area contributed by atoms with Crippen molar-refractivity contribution in [2.45, 2.75) is 58.0 Å². The molecule has 2 aliphatic carbocycles. The van der Waals surface area contributed by atoms with Gasteiger partial charge in [-0.25, -0.2) is 0 Å². The molecule has 2 N–H and O–H groups in total. The summed E-state index contributed by atoms with van der Waals surface area (Å²) in [6, 6.07) is 0. The first kappa shape index (κ1) is 11.4. The molecule has 2 unspecified atom stereocenters. The molecule has 2 aliphatic rings. The topological polar surface area (TPSA) is 35.2 Å². The van der Waals surface area contributed by atoms with Crippen molar-refractivity contribution >= 4 is 0 Å². The monoisotopic (exact) mass is 211 g/mol. The van der Waals surface area contributed by atoms with Gasteiger partial charge < -0.3 is 10.5 Å². The van der Waals surface area contributed by atoms with Crippen molar-refractivity contribution in [3.05, 3.63) is 0 Å². The Hall–Kier alpha value is -0.0800. The van der Waals surface area contributed by atoms with Gasteiger partial charge in [0.15, 0.2) is 0 Å². The van der Waals surface area contributed by atoms with Crippen molar-refractivity contribution in [3.63, 3.8) is 0 Å². The predicted octanol–water partition coefficient (Wildman–Crippen LogP) is 2.71. The van der Waals surface area contributed by atoms with Crippen LogP contribution in [0.15, 0.2) is 0 Å².